The van der Waals surface area contributed by atoms with E-state index in [0.717, 1.165) is 43.4 Å². The van der Waals surface area contributed by atoms with Crippen molar-refractivity contribution in [3.8, 4) is 0 Å². The van der Waals surface area contributed by atoms with Gasteiger partial charge in [0.2, 0.25) is 15.9 Å². The molecule has 1 unspecified atom stereocenters. The Kier molecular flexibility index (Phi) is 10.9. The van der Waals surface area contributed by atoms with Crippen molar-refractivity contribution in [1.82, 2.24) is 5.32 Å². The molecule has 5 nitrogen and oxygen atoms in total. The lowest BCUT2D eigenvalue weighted by Gasteiger charge is -2.17. The van der Waals surface area contributed by atoms with Crippen LogP contribution in [-0.2, 0) is 33.8 Å². The predicted molar refractivity (Wildman–Crippen MR) is 139 cm³/mol. The van der Waals surface area contributed by atoms with Crippen molar-refractivity contribution in [2.75, 3.05) is 11.0 Å². The van der Waals surface area contributed by atoms with Gasteiger partial charge in [0.05, 0.1) is 17.9 Å². The average Bonchev–Trinajstić information content (AvgIpc) is 2.81. The van der Waals surface area contributed by atoms with E-state index < -0.39 is 51.0 Å². The molecule has 0 saturated carbocycles. The number of aryl methyl sites for hydroxylation is 2. The van der Waals surface area contributed by atoms with Gasteiger partial charge in [0.25, 0.3) is 0 Å². The smallest absolute Gasteiger partial charge is 0.346 e. The molecule has 0 aliphatic carbocycles. The minimum Gasteiger partial charge on any atom is -0.346 e. The molecule has 1 amide bonds. The first kappa shape index (κ1) is 31.3. The summed E-state index contributed by atoms with van der Waals surface area (Å²) in [5.74, 6) is -2.90. The number of nitrogens with one attached hydrogen (secondary N) is 2. The molecule has 210 valence electrons. The van der Waals surface area contributed by atoms with Crippen molar-refractivity contribution < 1.29 is 35.2 Å². The average molecular weight is 561 g/mol. The number of halogens is 5. The molecule has 0 spiro atoms. The summed E-state index contributed by atoms with van der Waals surface area (Å²) in [5, 5.41) is 2.57. The quantitative estimate of drug-likeness (QED) is 0.218. The molecule has 0 aromatic heterocycles. The summed E-state index contributed by atoms with van der Waals surface area (Å²) in [6.07, 6.45) is 2.71. The summed E-state index contributed by atoms with van der Waals surface area (Å²) in [4.78, 5) is 12.6. The Labute approximate surface area is 220 Å². The van der Waals surface area contributed by atoms with E-state index in [9.17, 15) is 35.2 Å². The van der Waals surface area contributed by atoms with Gasteiger partial charge < -0.3 is 5.32 Å². The van der Waals surface area contributed by atoms with Gasteiger partial charge in [-0.1, -0.05) is 26.7 Å². The Bertz CT molecular complexity index is 1220. The fourth-order valence-corrected chi connectivity index (χ4v) is 4.50. The highest BCUT2D eigenvalue weighted by molar-refractivity contribution is 7.92. The zero-order valence-electron chi connectivity index (χ0n) is 21.8. The van der Waals surface area contributed by atoms with E-state index in [0.29, 0.717) is 42.4 Å². The van der Waals surface area contributed by atoms with Gasteiger partial charge in [-0.15, -0.1) is 0 Å². The second kappa shape index (κ2) is 13.2. The number of carbonyl (C=O) groups excluding carboxylic acids is 1. The molecule has 0 aliphatic rings. The van der Waals surface area contributed by atoms with Crippen molar-refractivity contribution in [2.45, 2.75) is 71.5 Å². The number of amides is 1. The van der Waals surface area contributed by atoms with Crippen molar-refractivity contribution in [2.24, 2.45) is 0 Å². The molecule has 2 aromatic rings. The first-order valence-electron chi connectivity index (χ1n) is 12.3. The van der Waals surface area contributed by atoms with E-state index in [1.807, 2.05) is 13.8 Å². The maximum Gasteiger partial charge on any atom is 0.416 e. The number of rotatable bonds is 12. The van der Waals surface area contributed by atoms with Crippen LogP contribution in [-0.4, -0.2) is 20.6 Å². The van der Waals surface area contributed by atoms with Crippen LogP contribution < -0.4 is 10.0 Å². The SMILES string of the molecule is CCCCc1cc(C(F)(F)F)cc(CCCC)c1C=CC(=O)NC(C)c1cc(F)c(NS(C)(=O)=O)c(F)c1. The second-order valence-corrected chi connectivity index (χ2v) is 11.0. The number of carbonyl (C=O) groups is 1. The first-order valence-corrected chi connectivity index (χ1v) is 14.2. The van der Waals surface area contributed by atoms with E-state index in [2.05, 4.69) is 5.32 Å². The lowest BCUT2D eigenvalue weighted by molar-refractivity contribution is -0.137. The van der Waals surface area contributed by atoms with Crippen LogP contribution in [0.4, 0.5) is 27.6 Å². The summed E-state index contributed by atoms with van der Waals surface area (Å²) >= 11 is 0. The summed E-state index contributed by atoms with van der Waals surface area (Å²) in [6, 6.07) is 3.22. The van der Waals surface area contributed by atoms with Gasteiger partial charge in [0.1, 0.15) is 5.69 Å². The van der Waals surface area contributed by atoms with Crippen LogP contribution in [0.1, 0.15) is 80.3 Å². The Morgan fingerprint density at radius 3 is 1.89 bits per heavy atom. The molecule has 11 heteroatoms. The van der Waals surface area contributed by atoms with Crippen LogP contribution in [0.3, 0.4) is 0 Å². The minimum absolute atomic E-state index is 0.0580. The highest BCUT2D eigenvalue weighted by atomic mass is 32.2. The molecular weight excluding hydrogens is 527 g/mol. The van der Waals surface area contributed by atoms with Crippen LogP contribution in [0.15, 0.2) is 30.3 Å². The second-order valence-electron chi connectivity index (χ2n) is 9.21. The van der Waals surface area contributed by atoms with Crippen LogP contribution in [0.25, 0.3) is 6.08 Å². The van der Waals surface area contributed by atoms with Crippen LogP contribution in [0.5, 0.6) is 0 Å². The van der Waals surface area contributed by atoms with Crippen molar-refractivity contribution in [1.29, 1.82) is 0 Å². The van der Waals surface area contributed by atoms with Gasteiger partial charge >= 0.3 is 6.18 Å². The Morgan fingerprint density at radius 2 is 1.47 bits per heavy atom. The third-order valence-corrected chi connectivity index (χ3v) is 6.46. The lowest BCUT2D eigenvalue weighted by Crippen LogP contribution is -2.25. The monoisotopic (exact) mass is 560 g/mol. The predicted octanol–water partition coefficient (Wildman–Crippen LogP) is 6.93. The van der Waals surface area contributed by atoms with Crippen LogP contribution in [0.2, 0.25) is 0 Å². The molecule has 0 aliphatic heterocycles. The summed E-state index contributed by atoms with van der Waals surface area (Å²) in [7, 11) is -3.91. The first-order chi connectivity index (χ1) is 17.7. The minimum atomic E-state index is -4.49. The molecule has 2 aromatic carbocycles. The lowest BCUT2D eigenvalue weighted by atomic mass is 9.91. The Hall–Kier alpha value is -2.95. The molecule has 0 radical (unpaired) electrons. The standard InChI is InChI=1S/C27H33F5N2O3S/c1-5-7-9-18-13-21(27(30,31)32)14-19(10-8-6-2)22(18)11-12-25(35)33-17(3)20-15-23(28)26(24(29)16-20)34-38(4,36)37/h11-17,34H,5-10H2,1-4H3,(H,33,35). The van der Waals surface area contributed by atoms with Crippen molar-refractivity contribution in [3.05, 3.63) is 69.8 Å². The topological polar surface area (TPSA) is 75.3 Å². The fourth-order valence-electron chi connectivity index (χ4n) is 3.93. The molecule has 2 rings (SSSR count). The number of hydrogen-bond donors (Lipinski definition) is 2. The fraction of sp³-hybridized carbons (Fsp3) is 0.444. The number of benzene rings is 2. The maximum atomic E-state index is 14.3. The maximum absolute atomic E-state index is 14.3. The van der Waals surface area contributed by atoms with Crippen molar-refractivity contribution >= 4 is 27.7 Å². The third kappa shape index (κ3) is 9.11. The highest BCUT2D eigenvalue weighted by Crippen LogP contribution is 2.34. The third-order valence-electron chi connectivity index (χ3n) is 5.89. The van der Waals surface area contributed by atoms with Crippen LogP contribution in [0, 0.1) is 11.6 Å². The zero-order chi connectivity index (χ0) is 28.7. The molecule has 0 heterocycles. The summed E-state index contributed by atoms with van der Waals surface area (Å²) in [6.45, 7) is 5.36. The van der Waals surface area contributed by atoms with Gasteiger partial charge in [0, 0.05) is 6.08 Å². The summed E-state index contributed by atoms with van der Waals surface area (Å²) < 4.78 is 93.7. The van der Waals surface area contributed by atoms with Crippen molar-refractivity contribution in [3.63, 3.8) is 0 Å². The largest absolute Gasteiger partial charge is 0.416 e. The van der Waals surface area contributed by atoms with Gasteiger partial charge in [-0.05, 0) is 85.2 Å². The van der Waals surface area contributed by atoms with E-state index in [1.165, 1.54) is 19.1 Å². The number of hydrogen-bond acceptors (Lipinski definition) is 3. The zero-order valence-corrected chi connectivity index (χ0v) is 22.6. The molecule has 2 N–H and O–H groups in total. The molecule has 38 heavy (non-hydrogen) atoms. The van der Waals surface area contributed by atoms with E-state index in [4.69, 9.17) is 0 Å². The molecule has 0 fully saturated rings. The van der Waals surface area contributed by atoms with E-state index >= 15 is 0 Å². The van der Waals surface area contributed by atoms with Gasteiger partial charge in [-0.2, -0.15) is 13.2 Å². The van der Waals surface area contributed by atoms with E-state index in [1.54, 1.807) is 4.72 Å². The number of unbranched alkanes of at least 4 members (excludes halogenated alkanes) is 2. The van der Waals surface area contributed by atoms with Gasteiger partial charge in [-0.3, -0.25) is 9.52 Å². The Morgan fingerprint density at radius 1 is 0.974 bits per heavy atom. The molecule has 0 bridgehead atoms. The number of sulfonamides is 1. The number of alkyl halides is 3. The molecule has 0 saturated heterocycles. The van der Waals surface area contributed by atoms with Crippen LogP contribution >= 0.6 is 0 Å². The van der Waals surface area contributed by atoms with Gasteiger partial charge in [0.15, 0.2) is 11.6 Å². The van der Waals surface area contributed by atoms with Gasteiger partial charge in [-0.25, -0.2) is 17.2 Å². The molecular formula is C27H33F5N2O3S. The molecule has 1 atom stereocenters. The Balaban J connectivity index is 2.34. The number of anilines is 1. The van der Waals surface area contributed by atoms with E-state index in [-0.39, 0.29) is 5.56 Å². The highest BCUT2D eigenvalue weighted by Gasteiger charge is 2.32. The summed E-state index contributed by atoms with van der Waals surface area (Å²) in [5.41, 5.74) is 0.0866. The normalized spacial score (nSPS) is 13.1.